The zero-order chi connectivity index (χ0) is 8.10. The van der Waals surface area contributed by atoms with E-state index in [2.05, 4.69) is 5.32 Å². The smallest absolute Gasteiger partial charge is 0.207 e. The van der Waals surface area contributed by atoms with Crippen molar-refractivity contribution in [3.05, 3.63) is 34.9 Å². The molecule has 0 atom stereocenters. The van der Waals surface area contributed by atoms with Gasteiger partial charge in [0.25, 0.3) is 0 Å². The average Bonchev–Trinajstić information content (AvgIpc) is 2.01. The molecular weight excluding hydrogens is 174 g/mol. The lowest BCUT2D eigenvalue weighted by molar-refractivity contribution is -0.109. The second-order valence-corrected chi connectivity index (χ2v) is 2.57. The van der Waals surface area contributed by atoms with Gasteiger partial charge in [0, 0.05) is 11.6 Å². The van der Waals surface area contributed by atoms with Crippen LogP contribution in [0, 0.1) is 0 Å². The molecule has 0 aliphatic rings. The predicted molar refractivity (Wildman–Crippen MR) is 51.1 cm³/mol. The van der Waals surface area contributed by atoms with Gasteiger partial charge in [-0.05, 0) is 17.7 Å². The number of nitrogens with one attached hydrogen (secondary N) is 1. The topological polar surface area (TPSA) is 29.1 Å². The molecule has 2 nitrogen and oxygen atoms in total. The molecule has 1 aromatic rings. The van der Waals surface area contributed by atoms with Crippen LogP contribution < -0.4 is 5.32 Å². The summed E-state index contributed by atoms with van der Waals surface area (Å²) in [6.45, 7) is 0.532. The molecule has 0 unspecified atom stereocenters. The fraction of sp³-hybridized carbons (Fsp3) is 0.222. The number of rotatable bonds is 3. The zero-order valence-electron chi connectivity index (χ0n) is 5.88. The zero-order valence-corrected chi connectivity index (χ0v) is 6.64. The Hall–Kier alpha value is -1.02. The number of halogens is 1. The summed E-state index contributed by atoms with van der Waals surface area (Å²) < 4.78 is 0. The third-order valence-electron chi connectivity index (χ3n) is 1.28. The van der Waals surface area contributed by atoms with Crippen LogP contribution in [0.5, 0.6) is 0 Å². The summed E-state index contributed by atoms with van der Waals surface area (Å²) in [5, 5.41) is 3.24. The molecule has 12 heavy (non-hydrogen) atoms. The van der Waals surface area contributed by atoms with E-state index in [4.69, 9.17) is 11.6 Å². The lowest BCUT2D eigenvalue weighted by Gasteiger charge is -1.98. The first kappa shape index (κ1) is 11.0. The van der Waals surface area contributed by atoms with E-state index in [9.17, 15) is 4.79 Å². The summed E-state index contributed by atoms with van der Waals surface area (Å²) in [6, 6.07) is 7.37. The van der Waals surface area contributed by atoms with Crippen LogP contribution >= 0.6 is 11.6 Å². The quantitative estimate of drug-likeness (QED) is 0.719. The number of carbonyl (C=O) groups excluding carboxylic acids is 1. The van der Waals surface area contributed by atoms with Crippen LogP contribution in [0.15, 0.2) is 24.3 Å². The summed E-state index contributed by atoms with van der Waals surface area (Å²) >= 11 is 5.71. The fourth-order valence-electron chi connectivity index (χ4n) is 0.806. The number of hydrogen-bond acceptors (Lipinski definition) is 1. The molecule has 3 heteroatoms. The molecule has 0 spiro atoms. The van der Waals surface area contributed by atoms with Crippen molar-refractivity contribution in [1.29, 1.82) is 0 Å². The Morgan fingerprint density at radius 3 is 2.83 bits per heavy atom. The van der Waals surface area contributed by atoms with Crippen LogP contribution in [0.4, 0.5) is 0 Å². The lowest BCUT2D eigenvalue weighted by Crippen LogP contribution is -2.09. The Kier molecular flexibility index (Phi) is 5.13. The van der Waals surface area contributed by atoms with Gasteiger partial charge in [0.15, 0.2) is 0 Å². The Morgan fingerprint density at radius 2 is 2.25 bits per heavy atom. The van der Waals surface area contributed by atoms with Gasteiger partial charge < -0.3 is 5.32 Å². The van der Waals surface area contributed by atoms with Gasteiger partial charge in [-0.1, -0.05) is 31.2 Å². The normalized spacial score (nSPS) is 8.42. The van der Waals surface area contributed by atoms with E-state index in [1.54, 1.807) is 6.07 Å². The number of amides is 1. The molecule has 0 radical (unpaired) electrons. The third-order valence-corrected chi connectivity index (χ3v) is 1.51. The Balaban J connectivity index is 0.00000121. The van der Waals surface area contributed by atoms with Crippen molar-refractivity contribution < 1.29 is 4.79 Å². The average molecular weight is 186 g/mol. The van der Waals surface area contributed by atoms with E-state index in [0.717, 1.165) is 5.56 Å². The first-order chi connectivity index (χ1) is 5.33. The minimum atomic E-state index is 0. The monoisotopic (exact) mass is 185 g/mol. The van der Waals surface area contributed by atoms with E-state index in [0.29, 0.717) is 18.0 Å². The van der Waals surface area contributed by atoms with E-state index >= 15 is 0 Å². The molecule has 0 aliphatic carbocycles. The van der Waals surface area contributed by atoms with Gasteiger partial charge in [0.05, 0.1) is 0 Å². The van der Waals surface area contributed by atoms with Crippen molar-refractivity contribution in [3.63, 3.8) is 0 Å². The molecule has 0 aliphatic heterocycles. The summed E-state index contributed by atoms with van der Waals surface area (Å²) in [5.41, 5.74) is 1.00. The highest BCUT2D eigenvalue weighted by atomic mass is 35.5. The van der Waals surface area contributed by atoms with Crippen LogP contribution in [0.1, 0.15) is 13.0 Å². The Morgan fingerprint density at radius 1 is 1.50 bits per heavy atom. The summed E-state index contributed by atoms with van der Waals surface area (Å²) in [7, 11) is 0. The Bertz CT molecular complexity index is 250. The van der Waals surface area contributed by atoms with Gasteiger partial charge in [-0.15, -0.1) is 0 Å². The van der Waals surface area contributed by atoms with Crippen LogP contribution in [0.25, 0.3) is 0 Å². The van der Waals surface area contributed by atoms with Gasteiger partial charge in [-0.2, -0.15) is 0 Å². The largest absolute Gasteiger partial charge is 0.355 e. The second kappa shape index (κ2) is 5.61. The highest BCUT2D eigenvalue weighted by Crippen LogP contribution is 2.09. The van der Waals surface area contributed by atoms with Gasteiger partial charge in [-0.25, -0.2) is 0 Å². The first-order valence-electron chi connectivity index (χ1n) is 3.24. The molecule has 0 saturated heterocycles. The molecule has 0 fully saturated rings. The molecule has 0 saturated carbocycles. The highest BCUT2D eigenvalue weighted by Gasteiger charge is 1.91. The van der Waals surface area contributed by atoms with Crippen molar-refractivity contribution in [2.45, 2.75) is 14.0 Å². The minimum Gasteiger partial charge on any atom is -0.355 e. The van der Waals surface area contributed by atoms with Crippen LogP contribution in [0.2, 0.25) is 5.02 Å². The second-order valence-electron chi connectivity index (χ2n) is 2.13. The van der Waals surface area contributed by atoms with E-state index in [-0.39, 0.29) is 7.43 Å². The van der Waals surface area contributed by atoms with Crippen molar-refractivity contribution in [3.8, 4) is 0 Å². The number of benzene rings is 1. The molecular formula is C9H12ClNO. The molecule has 1 aromatic carbocycles. The third kappa shape index (κ3) is 3.39. The Labute approximate surface area is 77.5 Å². The molecule has 1 rings (SSSR count). The SMILES string of the molecule is C.O=CNCc1cccc(Cl)c1. The van der Waals surface area contributed by atoms with Crippen LogP contribution in [0.3, 0.4) is 0 Å². The maximum Gasteiger partial charge on any atom is 0.207 e. The van der Waals surface area contributed by atoms with E-state index in [1.807, 2.05) is 18.2 Å². The maximum atomic E-state index is 9.92. The molecule has 66 valence electrons. The first-order valence-corrected chi connectivity index (χ1v) is 3.62. The van der Waals surface area contributed by atoms with E-state index < -0.39 is 0 Å². The minimum absolute atomic E-state index is 0. The highest BCUT2D eigenvalue weighted by molar-refractivity contribution is 6.30. The van der Waals surface area contributed by atoms with Gasteiger partial charge in [0.2, 0.25) is 6.41 Å². The van der Waals surface area contributed by atoms with Crippen LogP contribution in [-0.2, 0) is 11.3 Å². The van der Waals surface area contributed by atoms with Gasteiger partial charge in [0.1, 0.15) is 0 Å². The van der Waals surface area contributed by atoms with E-state index in [1.165, 1.54) is 0 Å². The summed E-state index contributed by atoms with van der Waals surface area (Å²) in [5.74, 6) is 0. The molecule has 0 aromatic heterocycles. The summed E-state index contributed by atoms with van der Waals surface area (Å²) in [4.78, 5) is 9.92. The predicted octanol–water partition coefficient (Wildman–Crippen LogP) is 2.22. The maximum absolute atomic E-state index is 9.92. The van der Waals surface area contributed by atoms with Crippen molar-refractivity contribution in [2.24, 2.45) is 0 Å². The molecule has 0 bridgehead atoms. The van der Waals surface area contributed by atoms with Crippen LogP contribution in [-0.4, -0.2) is 6.41 Å². The molecule has 1 N–H and O–H groups in total. The van der Waals surface area contributed by atoms with Crippen molar-refractivity contribution in [1.82, 2.24) is 5.32 Å². The van der Waals surface area contributed by atoms with Gasteiger partial charge in [-0.3, -0.25) is 4.79 Å². The fourth-order valence-corrected chi connectivity index (χ4v) is 1.02. The lowest BCUT2D eigenvalue weighted by atomic mass is 10.2. The summed E-state index contributed by atoms with van der Waals surface area (Å²) in [6.07, 6.45) is 0.668. The van der Waals surface area contributed by atoms with Crippen molar-refractivity contribution >= 4 is 18.0 Å². The van der Waals surface area contributed by atoms with Crippen molar-refractivity contribution in [2.75, 3.05) is 0 Å². The molecule has 0 heterocycles. The standard InChI is InChI=1S/C8H8ClNO.CH4/c9-8-3-1-2-7(4-8)5-10-6-11;/h1-4,6H,5H2,(H,10,11);1H4. The molecule has 1 amide bonds. The number of hydrogen-bond donors (Lipinski definition) is 1. The number of carbonyl (C=O) groups is 1. The van der Waals surface area contributed by atoms with Gasteiger partial charge >= 0.3 is 0 Å².